The summed E-state index contributed by atoms with van der Waals surface area (Å²) in [6, 6.07) is 3.94. The number of pyridine rings is 1. The molecule has 1 aromatic rings. The predicted molar refractivity (Wildman–Crippen MR) is 87.3 cm³/mol. The fourth-order valence-corrected chi connectivity index (χ4v) is 2.26. The van der Waals surface area contributed by atoms with Crippen LogP contribution in [0.15, 0.2) is 54.0 Å². The smallest absolute Gasteiger partial charge is 0.315 e. The Kier molecular flexibility index (Phi) is 5.11. The maximum absolute atomic E-state index is 12.4. The molecule has 1 aliphatic heterocycles. The molecule has 0 saturated heterocycles. The molecule has 23 heavy (non-hydrogen) atoms. The monoisotopic (exact) mass is 312 g/mol. The lowest BCUT2D eigenvalue weighted by molar-refractivity contribution is -0.148. The molecule has 0 aromatic carbocycles. The number of aryl methyl sites for hydroxylation is 1. The highest BCUT2D eigenvalue weighted by Gasteiger charge is 2.27. The lowest BCUT2D eigenvalue weighted by Gasteiger charge is -2.25. The number of aliphatic carboxylic acids is 1. The maximum atomic E-state index is 12.4. The summed E-state index contributed by atoms with van der Waals surface area (Å²) in [4.78, 5) is 29.2. The predicted octanol–water partition coefficient (Wildman–Crippen LogP) is 2.84. The fraction of sp³-hybridized carbons (Fsp3) is 0.278. The van der Waals surface area contributed by atoms with Gasteiger partial charge in [-0.25, -0.2) is 0 Å². The van der Waals surface area contributed by atoms with E-state index in [0.29, 0.717) is 12.1 Å². The molecule has 0 saturated carbocycles. The highest BCUT2D eigenvalue weighted by molar-refractivity contribution is 5.98. The second kappa shape index (κ2) is 7.05. The number of rotatable bonds is 4. The molecule has 1 aliphatic rings. The Morgan fingerprint density at radius 3 is 2.65 bits per heavy atom. The third-order valence-corrected chi connectivity index (χ3v) is 3.69. The van der Waals surface area contributed by atoms with E-state index >= 15 is 0 Å². The molecular weight excluding hydrogens is 292 g/mol. The quantitative estimate of drug-likeness (QED) is 0.868. The second-order valence-corrected chi connectivity index (χ2v) is 5.64. The highest BCUT2D eigenvalue weighted by Crippen LogP contribution is 2.22. The van der Waals surface area contributed by atoms with Crippen molar-refractivity contribution < 1.29 is 14.7 Å². The zero-order valence-electron chi connectivity index (χ0n) is 13.5. The van der Waals surface area contributed by atoms with Gasteiger partial charge in [0.1, 0.15) is 5.92 Å². The van der Waals surface area contributed by atoms with Gasteiger partial charge in [0.25, 0.3) is 0 Å². The van der Waals surface area contributed by atoms with Crippen LogP contribution in [-0.2, 0) is 16.0 Å². The van der Waals surface area contributed by atoms with Gasteiger partial charge in [0.2, 0.25) is 5.91 Å². The van der Waals surface area contributed by atoms with Crippen molar-refractivity contribution in [2.45, 2.75) is 27.2 Å². The van der Waals surface area contributed by atoms with Crippen molar-refractivity contribution in [1.82, 2.24) is 9.88 Å². The number of hydrogen-bond donors (Lipinski definition) is 1. The summed E-state index contributed by atoms with van der Waals surface area (Å²) in [6.07, 6.45) is 9.36. The fourth-order valence-electron chi connectivity index (χ4n) is 2.26. The van der Waals surface area contributed by atoms with E-state index in [1.807, 2.05) is 38.1 Å². The minimum Gasteiger partial charge on any atom is -0.481 e. The minimum absolute atomic E-state index is 0.454. The molecule has 0 fully saturated rings. The first-order valence-corrected chi connectivity index (χ1v) is 7.42. The van der Waals surface area contributed by atoms with Gasteiger partial charge in [-0.15, -0.1) is 0 Å². The number of carbonyl (C=O) groups excluding carboxylic acids is 1. The van der Waals surface area contributed by atoms with Gasteiger partial charge in [-0.3, -0.25) is 19.5 Å². The third kappa shape index (κ3) is 3.94. The van der Waals surface area contributed by atoms with Crippen molar-refractivity contribution in [3.05, 3.63) is 65.3 Å². The SMILES string of the molecule is CC(Cc1ccc(C)cn1)=C1C=CC=CN1C(=O)C(C)C(=O)O. The summed E-state index contributed by atoms with van der Waals surface area (Å²) in [7, 11) is 0. The highest BCUT2D eigenvalue weighted by atomic mass is 16.4. The Labute approximate surface area is 135 Å². The van der Waals surface area contributed by atoms with Gasteiger partial charge < -0.3 is 5.11 Å². The molecule has 1 unspecified atom stereocenters. The topological polar surface area (TPSA) is 70.5 Å². The van der Waals surface area contributed by atoms with Gasteiger partial charge in [0, 0.05) is 30.2 Å². The maximum Gasteiger partial charge on any atom is 0.315 e. The Balaban J connectivity index is 2.27. The number of carboxylic acid groups (broad SMARTS) is 1. The number of carbonyl (C=O) groups is 2. The van der Waals surface area contributed by atoms with Gasteiger partial charge in [-0.05, 0) is 50.1 Å². The van der Waals surface area contributed by atoms with Crippen molar-refractivity contribution >= 4 is 11.9 Å². The normalized spacial score (nSPS) is 17.1. The molecule has 1 amide bonds. The van der Waals surface area contributed by atoms with Crippen molar-refractivity contribution in [2.75, 3.05) is 0 Å². The summed E-state index contributed by atoms with van der Waals surface area (Å²) in [5.74, 6) is -2.68. The molecule has 5 nitrogen and oxygen atoms in total. The lowest BCUT2D eigenvalue weighted by Crippen LogP contribution is -2.35. The molecule has 1 N–H and O–H groups in total. The van der Waals surface area contributed by atoms with Crippen LogP contribution in [0.25, 0.3) is 0 Å². The van der Waals surface area contributed by atoms with Gasteiger partial charge in [0.15, 0.2) is 0 Å². The molecule has 5 heteroatoms. The van der Waals surface area contributed by atoms with Crippen LogP contribution in [-0.4, -0.2) is 26.9 Å². The molecule has 120 valence electrons. The molecule has 0 radical (unpaired) electrons. The van der Waals surface area contributed by atoms with E-state index in [-0.39, 0.29) is 0 Å². The van der Waals surface area contributed by atoms with E-state index in [9.17, 15) is 9.59 Å². The van der Waals surface area contributed by atoms with E-state index in [0.717, 1.165) is 16.8 Å². The van der Waals surface area contributed by atoms with Crippen LogP contribution in [0.4, 0.5) is 0 Å². The van der Waals surface area contributed by atoms with Gasteiger partial charge in [-0.1, -0.05) is 12.1 Å². The molecular formula is C18H20N2O3. The van der Waals surface area contributed by atoms with Crippen LogP contribution in [0.5, 0.6) is 0 Å². The zero-order valence-corrected chi connectivity index (χ0v) is 13.5. The summed E-state index contributed by atoms with van der Waals surface area (Å²) < 4.78 is 0. The number of aromatic nitrogens is 1. The standard InChI is InChI=1S/C18H20N2O3/c1-12-7-8-15(19-11-12)10-13(2)16-6-4-5-9-20(16)17(21)14(3)18(22)23/h4-9,11,14H,10H2,1-3H3,(H,22,23). The Bertz CT molecular complexity index is 699. The third-order valence-electron chi connectivity index (χ3n) is 3.69. The molecule has 1 atom stereocenters. The van der Waals surface area contributed by atoms with E-state index in [2.05, 4.69) is 4.98 Å². The summed E-state index contributed by atoms with van der Waals surface area (Å²) in [5, 5.41) is 9.05. The molecule has 0 bridgehead atoms. The lowest BCUT2D eigenvalue weighted by atomic mass is 10.0. The van der Waals surface area contributed by atoms with Crippen molar-refractivity contribution in [3.8, 4) is 0 Å². The number of nitrogens with zero attached hydrogens (tertiary/aromatic N) is 2. The van der Waals surface area contributed by atoms with Crippen LogP contribution in [0.3, 0.4) is 0 Å². The van der Waals surface area contributed by atoms with Gasteiger partial charge in [-0.2, -0.15) is 0 Å². The van der Waals surface area contributed by atoms with Crippen molar-refractivity contribution in [3.63, 3.8) is 0 Å². The first-order valence-electron chi connectivity index (χ1n) is 7.42. The van der Waals surface area contributed by atoms with E-state index < -0.39 is 17.8 Å². The van der Waals surface area contributed by atoms with Crippen LogP contribution in [0, 0.1) is 12.8 Å². The first-order chi connectivity index (χ1) is 10.9. The molecule has 2 heterocycles. The number of amides is 1. The largest absolute Gasteiger partial charge is 0.481 e. The van der Waals surface area contributed by atoms with E-state index in [4.69, 9.17) is 5.11 Å². The average molecular weight is 312 g/mol. The number of allylic oxidation sites excluding steroid dienone is 4. The van der Waals surface area contributed by atoms with Gasteiger partial charge >= 0.3 is 5.97 Å². The van der Waals surface area contributed by atoms with Crippen LogP contribution in [0.2, 0.25) is 0 Å². The Morgan fingerprint density at radius 2 is 2.04 bits per heavy atom. The number of hydrogen-bond acceptors (Lipinski definition) is 3. The zero-order chi connectivity index (χ0) is 17.0. The minimum atomic E-state index is -1.13. The summed E-state index contributed by atoms with van der Waals surface area (Å²) in [5.41, 5.74) is 3.65. The molecule has 1 aromatic heterocycles. The van der Waals surface area contributed by atoms with Crippen molar-refractivity contribution in [2.24, 2.45) is 5.92 Å². The van der Waals surface area contributed by atoms with Crippen LogP contribution in [0.1, 0.15) is 25.1 Å². The van der Waals surface area contributed by atoms with Gasteiger partial charge in [0.05, 0.1) is 0 Å². The molecule has 2 rings (SSSR count). The van der Waals surface area contributed by atoms with Crippen LogP contribution >= 0.6 is 0 Å². The average Bonchev–Trinajstić information content (AvgIpc) is 2.55. The summed E-state index contributed by atoms with van der Waals surface area (Å²) >= 11 is 0. The van der Waals surface area contributed by atoms with E-state index in [1.54, 1.807) is 18.5 Å². The Hall–Kier alpha value is -2.69. The van der Waals surface area contributed by atoms with Crippen molar-refractivity contribution in [1.29, 1.82) is 0 Å². The Morgan fingerprint density at radius 1 is 1.30 bits per heavy atom. The van der Waals surface area contributed by atoms with E-state index in [1.165, 1.54) is 11.8 Å². The molecule has 0 spiro atoms. The number of carboxylic acids is 1. The second-order valence-electron chi connectivity index (χ2n) is 5.64. The molecule has 0 aliphatic carbocycles. The van der Waals surface area contributed by atoms with Crippen LogP contribution < -0.4 is 0 Å². The first kappa shape index (κ1) is 16.7. The summed E-state index contributed by atoms with van der Waals surface area (Å²) in [6.45, 7) is 5.29.